The predicted molar refractivity (Wildman–Crippen MR) is 48.2 cm³/mol. The van der Waals surface area contributed by atoms with Crippen LogP contribution >= 0.6 is 12.4 Å². The van der Waals surface area contributed by atoms with Crippen molar-refractivity contribution in [3.63, 3.8) is 0 Å². The van der Waals surface area contributed by atoms with Crippen molar-refractivity contribution in [2.75, 3.05) is 6.54 Å². The molecule has 0 aliphatic heterocycles. The number of hydrogen-bond acceptors (Lipinski definition) is 2. The monoisotopic (exact) mass is 211 g/mol. The number of aryl methyl sites for hydroxylation is 1. The second-order valence-corrected chi connectivity index (χ2v) is 2.55. The van der Waals surface area contributed by atoms with E-state index in [0.29, 0.717) is 18.5 Å². The second-order valence-electron chi connectivity index (χ2n) is 2.55. The normalized spacial score (nSPS) is 10.2. The average molecular weight is 212 g/mol. The van der Waals surface area contributed by atoms with Crippen molar-refractivity contribution >= 4 is 12.4 Å². The zero-order valence-corrected chi connectivity index (χ0v) is 8.02. The van der Waals surface area contributed by atoms with E-state index in [-0.39, 0.29) is 18.1 Å². The van der Waals surface area contributed by atoms with Crippen LogP contribution in [0.1, 0.15) is 17.7 Å². The fraction of sp³-hybridized carbons (Fsp3) is 0.571. The van der Waals surface area contributed by atoms with Crippen molar-refractivity contribution in [1.29, 1.82) is 0 Å². The third-order valence-corrected chi connectivity index (χ3v) is 1.56. The van der Waals surface area contributed by atoms with Gasteiger partial charge in [-0.25, -0.2) is 8.78 Å². The molecule has 0 aliphatic rings. The van der Waals surface area contributed by atoms with Crippen molar-refractivity contribution in [2.45, 2.75) is 12.8 Å². The van der Waals surface area contributed by atoms with Gasteiger partial charge in [-0.2, -0.15) is 5.10 Å². The van der Waals surface area contributed by atoms with Gasteiger partial charge in [-0.3, -0.25) is 4.68 Å². The summed E-state index contributed by atoms with van der Waals surface area (Å²) in [6, 6.07) is 0. The highest BCUT2D eigenvalue weighted by molar-refractivity contribution is 5.85. The molecule has 2 N–H and O–H groups in total. The van der Waals surface area contributed by atoms with Gasteiger partial charge in [-0.05, 0) is 13.0 Å². The van der Waals surface area contributed by atoms with E-state index >= 15 is 0 Å². The van der Waals surface area contributed by atoms with Gasteiger partial charge in [-0.1, -0.05) is 0 Å². The number of alkyl halides is 2. The smallest absolute Gasteiger partial charge is 0.282 e. The highest BCUT2D eigenvalue weighted by atomic mass is 35.5. The maximum atomic E-state index is 12.2. The lowest BCUT2D eigenvalue weighted by atomic mass is 10.2. The van der Waals surface area contributed by atoms with E-state index in [4.69, 9.17) is 5.73 Å². The van der Waals surface area contributed by atoms with Crippen LogP contribution in [-0.2, 0) is 13.5 Å². The van der Waals surface area contributed by atoms with Crippen LogP contribution < -0.4 is 5.73 Å². The van der Waals surface area contributed by atoms with Crippen molar-refractivity contribution < 1.29 is 8.78 Å². The van der Waals surface area contributed by atoms with Crippen LogP contribution in [0.4, 0.5) is 8.78 Å². The largest absolute Gasteiger partial charge is 0.330 e. The van der Waals surface area contributed by atoms with Crippen molar-refractivity contribution in [1.82, 2.24) is 9.78 Å². The third kappa shape index (κ3) is 2.93. The molecule has 1 aromatic heterocycles. The number of nitrogens with two attached hydrogens (primary N) is 1. The quantitative estimate of drug-likeness (QED) is 0.819. The zero-order chi connectivity index (χ0) is 9.14. The summed E-state index contributed by atoms with van der Waals surface area (Å²) in [4.78, 5) is 0. The molecule has 13 heavy (non-hydrogen) atoms. The molecule has 76 valence electrons. The molecule has 0 atom stereocenters. The molecule has 0 aromatic carbocycles. The lowest BCUT2D eigenvalue weighted by Crippen LogP contribution is -2.04. The fourth-order valence-corrected chi connectivity index (χ4v) is 1.09. The Morgan fingerprint density at radius 3 is 2.69 bits per heavy atom. The summed E-state index contributed by atoms with van der Waals surface area (Å²) in [6.07, 6.45) is -0.477. The summed E-state index contributed by atoms with van der Waals surface area (Å²) in [5, 5.41) is 3.64. The minimum atomic E-state index is -2.51. The molecule has 0 radical (unpaired) electrons. The van der Waals surface area contributed by atoms with E-state index in [1.54, 1.807) is 13.2 Å². The predicted octanol–water partition coefficient (Wildman–Crippen LogP) is 1.28. The van der Waals surface area contributed by atoms with Crippen LogP contribution in [0.15, 0.2) is 6.20 Å². The first-order chi connectivity index (χ1) is 5.65. The Morgan fingerprint density at radius 1 is 1.62 bits per heavy atom. The maximum Gasteiger partial charge on any atom is 0.282 e. The molecule has 1 aromatic rings. The molecule has 0 saturated heterocycles. The van der Waals surface area contributed by atoms with Gasteiger partial charge in [-0.15, -0.1) is 12.4 Å². The molecule has 1 heterocycles. The molecule has 0 amide bonds. The first kappa shape index (κ1) is 12.3. The zero-order valence-electron chi connectivity index (χ0n) is 7.20. The van der Waals surface area contributed by atoms with Crippen LogP contribution in [0.3, 0.4) is 0 Å². The number of aromatic nitrogens is 2. The Bertz CT molecular complexity index is 262. The highest BCUT2D eigenvalue weighted by Crippen LogP contribution is 2.20. The topological polar surface area (TPSA) is 43.8 Å². The number of hydrogen-bond donors (Lipinski definition) is 1. The number of rotatable bonds is 3. The summed E-state index contributed by atoms with van der Waals surface area (Å²) in [6.45, 7) is 0.366. The Hall–Kier alpha value is -0.680. The third-order valence-electron chi connectivity index (χ3n) is 1.56. The van der Waals surface area contributed by atoms with E-state index in [1.165, 1.54) is 4.68 Å². The first-order valence-corrected chi connectivity index (χ1v) is 3.65. The van der Waals surface area contributed by atoms with Gasteiger partial charge in [0.2, 0.25) is 0 Å². The molecule has 1 rings (SSSR count). The molecule has 3 nitrogen and oxygen atoms in total. The second kappa shape index (κ2) is 5.14. The molecule has 0 bridgehead atoms. The van der Waals surface area contributed by atoms with Crippen molar-refractivity contribution in [3.8, 4) is 0 Å². The number of halogens is 3. The molecular weight excluding hydrogens is 200 g/mol. The van der Waals surface area contributed by atoms with Gasteiger partial charge in [0.05, 0.1) is 0 Å². The van der Waals surface area contributed by atoms with Gasteiger partial charge < -0.3 is 5.73 Å². The van der Waals surface area contributed by atoms with E-state index in [1.807, 2.05) is 0 Å². The molecule has 0 aliphatic carbocycles. The van der Waals surface area contributed by atoms with Gasteiger partial charge in [0, 0.05) is 18.8 Å². The maximum absolute atomic E-state index is 12.2. The molecule has 0 saturated carbocycles. The summed E-state index contributed by atoms with van der Waals surface area (Å²) in [7, 11) is 1.62. The van der Waals surface area contributed by atoms with Gasteiger partial charge in [0.15, 0.2) is 0 Å². The van der Waals surface area contributed by atoms with Crippen molar-refractivity contribution in [3.05, 3.63) is 17.5 Å². The summed E-state index contributed by atoms with van der Waals surface area (Å²) < 4.78 is 25.9. The Labute approximate surface area is 81.3 Å². The van der Waals surface area contributed by atoms with Crippen LogP contribution in [0.25, 0.3) is 0 Å². The van der Waals surface area contributed by atoms with Gasteiger partial charge in [0.1, 0.15) is 5.69 Å². The molecule has 0 unspecified atom stereocenters. The Balaban J connectivity index is 0.00000144. The lowest BCUT2D eigenvalue weighted by Gasteiger charge is -1.96. The van der Waals surface area contributed by atoms with Gasteiger partial charge >= 0.3 is 0 Å². The van der Waals surface area contributed by atoms with Crippen LogP contribution in [0.5, 0.6) is 0 Å². The number of nitrogens with zero attached hydrogens (tertiary/aromatic N) is 2. The lowest BCUT2D eigenvalue weighted by molar-refractivity contribution is 0.144. The Kier molecular flexibility index (Phi) is 4.87. The summed E-state index contributed by atoms with van der Waals surface area (Å²) in [5.74, 6) is 0. The molecule has 6 heteroatoms. The van der Waals surface area contributed by atoms with Crippen LogP contribution in [-0.4, -0.2) is 16.3 Å². The van der Waals surface area contributed by atoms with E-state index in [2.05, 4.69) is 5.10 Å². The standard InChI is InChI=1S/C7H11F2N3.ClH/c1-12-4-5(2-3-10)6(11-12)7(8)9;/h4,7H,2-3,10H2,1H3;1H. The van der Waals surface area contributed by atoms with E-state index < -0.39 is 6.43 Å². The highest BCUT2D eigenvalue weighted by Gasteiger charge is 2.16. The van der Waals surface area contributed by atoms with E-state index in [9.17, 15) is 8.78 Å². The van der Waals surface area contributed by atoms with Gasteiger partial charge in [0.25, 0.3) is 6.43 Å². The van der Waals surface area contributed by atoms with Crippen molar-refractivity contribution in [2.24, 2.45) is 12.8 Å². The van der Waals surface area contributed by atoms with E-state index in [0.717, 1.165) is 0 Å². The van der Waals surface area contributed by atoms with Crippen LogP contribution in [0.2, 0.25) is 0 Å². The SMILES string of the molecule is Cl.Cn1cc(CCN)c(C(F)F)n1. The average Bonchev–Trinajstić information content (AvgIpc) is 2.32. The minimum absolute atomic E-state index is 0. The minimum Gasteiger partial charge on any atom is -0.330 e. The first-order valence-electron chi connectivity index (χ1n) is 3.65. The summed E-state index contributed by atoms with van der Waals surface area (Å²) >= 11 is 0. The molecule has 0 fully saturated rings. The molecule has 0 spiro atoms. The summed E-state index contributed by atoms with van der Waals surface area (Å²) in [5.41, 5.74) is 5.64. The van der Waals surface area contributed by atoms with Crippen LogP contribution in [0, 0.1) is 0 Å². The molecular formula is C7H12ClF2N3. The fourth-order valence-electron chi connectivity index (χ4n) is 1.09. The Morgan fingerprint density at radius 2 is 2.23 bits per heavy atom.